The van der Waals surface area contributed by atoms with Crippen LogP contribution in [0.25, 0.3) is 0 Å². The van der Waals surface area contributed by atoms with Gasteiger partial charge in [-0.25, -0.2) is 0 Å². The number of ketones is 2. The van der Waals surface area contributed by atoms with E-state index < -0.39 is 41.2 Å². The summed E-state index contributed by atoms with van der Waals surface area (Å²) in [4.78, 5) is 25.8. The summed E-state index contributed by atoms with van der Waals surface area (Å²) in [6, 6.07) is 2.40. The minimum Gasteiger partial charge on any atom is -0.507 e. The molecule has 130 valence electrons. The van der Waals surface area contributed by atoms with Gasteiger partial charge < -0.3 is 20.1 Å². The molecule has 6 nitrogen and oxygen atoms in total. The van der Waals surface area contributed by atoms with Crippen molar-refractivity contribution in [2.45, 2.75) is 51.4 Å². The predicted octanol–water partition coefficient (Wildman–Crippen LogP) is 2.05. The Balaban J connectivity index is 2.11. The van der Waals surface area contributed by atoms with Crippen LogP contribution < -0.4 is 0 Å². The molecule has 4 atom stereocenters. The van der Waals surface area contributed by atoms with Crippen LogP contribution in [-0.4, -0.2) is 44.7 Å². The molecular formula is C18H22O6. The monoisotopic (exact) mass is 334 g/mol. The molecule has 0 saturated heterocycles. The molecule has 2 aliphatic rings. The first-order valence-electron chi connectivity index (χ1n) is 8.09. The summed E-state index contributed by atoms with van der Waals surface area (Å²) in [5.41, 5.74) is -0.832. The van der Waals surface area contributed by atoms with Gasteiger partial charge in [0.1, 0.15) is 11.5 Å². The molecule has 0 spiro atoms. The summed E-state index contributed by atoms with van der Waals surface area (Å²) in [7, 11) is 0. The fraction of sp³-hybridized carbons (Fsp3) is 0.556. The lowest BCUT2D eigenvalue weighted by Gasteiger charge is -2.43. The fourth-order valence-electron chi connectivity index (χ4n) is 3.84. The molecular weight excluding hydrogens is 312 g/mol. The largest absolute Gasteiger partial charge is 0.507 e. The number of benzene rings is 1. The average Bonchev–Trinajstić information content (AvgIpc) is 2.44. The quantitative estimate of drug-likeness (QED) is 0.679. The average molecular weight is 334 g/mol. The molecule has 0 radical (unpaired) electrons. The van der Waals surface area contributed by atoms with E-state index in [1.54, 1.807) is 0 Å². The molecule has 24 heavy (non-hydrogen) atoms. The summed E-state index contributed by atoms with van der Waals surface area (Å²) in [5.74, 6) is -3.00. The van der Waals surface area contributed by atoms with Crippen LogP contribution in [-0.2, 0) is 4.74 Å². The lowest BCUT2D eigenvalue weighted by molar-refractivity contribution is -0.118. The van der Waals surface area contributed by atoms with E-state index in [-0.39, 0.29) is 35.5 Å². The van der Waals surface area contributed by atoms with Gasteiger partial charge in [0.2, 0.25) is 0 Å². The Morgan fingerprint density at radius 2 is 1.54 bits per heavy atom. The first-order valence-corrected chi connectivity index (χ1v) is 8.09. The van der Waals surface area contributed by atoms with Crippen LogP contribution in [0.3, 0.4) is 0 Å². The van der Waals surface area contributed by atoms with Crippen LogP contribution in [0.2, 0.25) is 0 Å². The molecule has 2 aliphatic carbocycles. The van der Waals surface area contributed by atoms with Gasteiger partial charge in [0.15, 0.2) is 11.6 Å². The van der Waals surface area contributed by atoms with Crippen molar-refractivity contribution in [1.82, 2.24) is 0 Å². The minimum atomic E-state index is -0.764. The zero-order valence-corrected chi connectivity index (χ0v) is 13.9. The maximum atomic E-state index is 13.0. The molecule has 0 aliphatic heterocycles. The van der Waals surface area contributed by atoms with Gasteiger partial charge in [-0.3, -0.25) is 9.59 Å². The first-order chi connectivity index (χ1) is 11.1. The number of fused-ring (bicyclic) bond motifs is 2. The van der Waals surface area contributed by atoms with E-state index in [1.807, 2.05) is 20.8 Å². The Hall–Kier alpha value is -1.92. The summed E-state index contributed by atoms with van der Waals surface area (Å²) in [6.07, 6.45) is -0.971. The number of carbonyl (C=O) groups excluding carboxylic acids is 2. The number of phenolic OH excluding ortho intramolecular Hbond substituents is 2. The van der Waals surface area contributed by atoms with Gasteiger partial charge in [-0.2, -0.15) is 0 Å². The van der Waals surface area contributed by atoms with Crippen LogP contribution in [0.1, 0.15) is 54.3 Å². The van der Waals surface area contributed by atoms with Crippen molar-refractivity contribution in [1.29, 1.82) is 0 Å². The molecule has 1 saturated carbocycles. The van der Waals surface area contributed by atoms with E-state index in [2.05, 4.69) is 0 Å². The number of hydrogen-bond donors (Lipinski definition) is 3. The molecule has 1 aromatic carbocycles. The molecule has 1 aromatic rings. The second-order valence-electron chi connectivity index (χ2n) is 7.61. The molecule has 0 unspecified atom stereocenters. The molecule has 0 heterocycles. The molecule has 3 N–H and O–H groups in total. The SMILES string of the molecule is CC(C)(C)O[C@@H]1C[C@H](O)C[C@H]2C(=O)c3c(O)ccc(O)c3C(=O)[C@@H]12. The van der Waals surface area contributed by atoms with E-state index in [4.69, 9.17) is 4.74 Å². The fourth-order valence-corrected chi connectivity index (χ4v) is 3.84. The maximum absolute atomic E-state index is 13.0. The van der Waals surface area contributed by atoms with Gasteiger partial charge in [0.05, 0.1) is 34.9 Å². The highest BCUT2D eigenvalue weighted by Gasteiger charge is 2.52. The number of carbonyl (C=O) groups is 2. The van der Waals surface area contributed by atoms with Crippen molar-refractivity contribution in [2.75, 3.05) is 0 Å². The number of aliphatic hydroxyl groups is 1. The van der Waals surface area contributed by atoms with Crippen LogP contribution in [0.4, 0.5) is 0 Å². The number of hydrogen-bond acceptors (Lipinski definition) is 6. The number of ether oxygens (including phenoxy) is 1. The smallest absolute Gasteiger partial charge is 0.173 e. The molecule has 6 heteroatoms. The lowest BCUT2D eigenvalue weighted by Crippen LogP contribution is -2.51. The minimum absolute atomic E-state index is 0.139. The Morgan fingerprint density at radius 1 is 1.00 bits per heavy atom. The predicted molar refractivity (Wildman–Crippen MR) is 85.3 cm³/mol. The van der Waals surface area contributed by atoms with E-state index in [9.17, 15) is 24.9 Å². The maximum Gasteiger partial charge on any atom is 0.173 e. The molecule has 3 rings (SSSR count). The highest BCUT2D eigenvalue weighted by Crippen LogP contribution is 2.46. The first kappa shape index (κ1) is 16.9. The number of rotatable bonds is 1. The molecule has 0 bridgehead atoms. The van der Waals surface area contributed by atoms with Gasteiger partial charge in [-0.05, 0) is 39.3 Å². The van der Waals surface area contributed by atoms with Crippen LogP contribution in [0.15, 0.2) is 12.1 Å². The van der Waals surface area contributed by atoms with Crippen molar-refractivity contribution < 1.29 is 29.6 Å². The second kappa shape index (κ2) is 5.57. The Kier molecular flexibility index (Phi) is 3.92. The third-order valence-corrected chi connectivity index (χ3v) is 4.66. The van der Waals surface area contributed by atoms with Gasteiger partial charge in [-0.15, -0.1) is 0 Å². The molecule has 0 amide bonds. The summed E-state index contributed by atoms with van der Waals surface area (Å²) in [5, 5.41) is 30.2. The van der Waals surface area contributed by atoms with Crippen molar-refractivity contribution in [2.24, 2.45) is 11.8 Å². The summed E-state index contributed by atoms with van der Waals surface area (Å²) < 4.78 is 5.95. The summed E-state index contributed by atoms with van der Waals surface area (Å²) in [6.45, 7) is 5.53. The zero-order valence-electron chi connectivity index (χ0n) is 13.9. The highest BCUT2D eigenvalue weighted by atomic mass is 16.5. The van der Waals surface area contributed by atoms with Gasteiger partial charge in [0.25, 0.3) is 0 Å². The van der Waals surface area contributed by atoms with Crippen molar-refractivity contribution in [3.63, 3.8) is 0 Å². The third-order valence-electron chi connectivity index (χ3n) is 4.66. The van der Waals surface area contributed by atoms with E-state index in [0.29, 0.717) is 0 Å². The van der Waals surface area contributed by atoms with Gasteiger partial charge in [-0.1, -0.05) is 0 Å². The van der Waals surface area contributed by atoms with Crippen LogP contribution in [0.5, 0.6) is 11.5 Å². The molecule has 0 aromatic heterocycles. The Morgan fingerprint density at radius 3 is 2.08 bits per heavy atom. The zero-order chi connectivity index (χ0) is 17.8. The van der Waals surface area contributed by atoms with Gasteiger partial charge in [0, 0.05) is 12.3 Å². The molecule has 1 fully saturated rings. The van der Waals surface area contributed by atoms with Crippen molar-refractivity contribution in [3.05, 3.63) is 23.3 Å². The topological polar surface area (TPSA) is 104 Å². The van der Waals surface area contributed by atoms with Gasteiger partial charge >= 0.3 is 0 Å². The van der Waals surface area contributed by atoms with E-state index in [0.717, 1.165) is 0 Å². The van der Waals surface area contributed by atoms with Crippen molar-refractivity contribution in [3.8, 4) is 11.5 Å². The number of aromatic hydroxyl groups is 2. The second-order valence-corrected chi connectivity index (χ2v) is 7.61. The van der Waals surface area contributed by atoms with E-state index in [1.165, 1.54) is 12.1 Å². The van der Waals surface area contributed by atoms with Crippen LogP contribution >= 0.6 is 0 Å². The summed E-state index contributed by atoms with van der Waals surface area (Å²) >= 11 is 0. The number of phenols is 2. The lowest BCUT2D eigenvalue weighted by atomic mass is 9.65. The highest BCUT2D eigenvalue weighted by molar-refractivity contribution is 6.19. The Bertz CT molecular complexity index is 702. The number of Topliss-reactive ketones (excluding diaryl/α,β-unsaturated/α-hetero) is 2. The third kappa shape index (κ3) is 2.70. The Labute approximate surface area is 140 Å². The van der Waals surface area contributed by atoms with Crippen LogP contribution in [0, 0.1) is 11.8 Å². The number of aliphatic hydroxyl groups excluding tert-OH is 1. The van der Waals surface area contributed by atoms with Crippen molar-refractivity contribution >= 4 is 11.6 Å². The normalized spacial score (nSPS) is 30.0. The standard InChI is InChI=1S/C18H22O6/c1-18(2,3)24-12-7-8(19)6-9-13(12)17(23)15-11(21)5-4-10(20)14(15)16(9)22/h4-5,8-9,12-13,19-21H,6-7H2,1-3H3/t8-,9-,12-,13-/m1/s1. The van der Waals surface area contributed by atoms with E-state index >= 15 is 0 Å².